The van der Waals surface area contributed by atoms with E-state index in [1.807, 2.05) is 6.92 Å². The lowest BCUT2D eigenvalue weighted by molar-refractivity contribution is -0.145. The van der Waals surface area contributed by atoms with Gasteiger partial charge in [0.15, 0.2) is 0 Å². The normalized spacial score (nSPS) is 24.6. The van der Waals surface area contributed by atoms with Gasteiger partial charge in [-0.15, -0.1) is 0 Å². The zero-order chi connectivity index (χ0) is 23.8. The molecular weight excluding hydrogens is 448 g/mol. The summed E-state index contributed by atoms with van der Waals surface area (Å²) in [5.41, 5.74) is 0.225. The SMILES string of the molecule is C[C@H]1CCCC[C@H]1N1C(=O)C(=O)N(CC(=O)Nc2cccc(S(=O)(=O)N3CCCC3)c2)C1=O. The standard InChI is InChI=1S/C22H28N4O6S/c1-15-7-2-3-10-18(15)26-21(29)20(28)25(22(26)30)14-19(27)23-16-8-6-9-17(13-16)33(31,32)24-11-4-5-12-24/h6,8-9,13,15,18H,2-5,7,10-12,14H2,1H3,(H,23,27)/t15-,18+/m0/s1. The van der Waals surface area contributed by atoms with Gasteiger partial charge in [0.05, 0.1) is 4.90 Å². The second kappa shape index (κ2) is 9.22. The molecule has 4 rings (SSSR count). The first-order valence-electron chi connectivity index (χ1n) is 11.3. The van der Waals surface area contributed by atoms with Crippen LogP contribution < -0.4 is 5.32 Å². The number of carbonyl (C=O) groups excluding carboxylic acids is 4. The zero-order valence-corrected chi connectivity index (χ0v) is 19.3. The van der Waals surface area contributed by atoms with E-state index in [-0.39, 0.29) is 22.5 Å². The van der Waals surface area contributed by atoms with Gasteiger partial charge in [-0.25, -0.2) is 18.1 Å². The van der Waals surface area contributed by atoms with Crippen molar-refractivity contribution in [2.75, 3.05) is 25.0 Å². The molecular formula is C22H28N4O6S. The molecule has 178 valence electrons. The van der Waals surface area contributed by atoms with E-state index in [0.717, 1.165) is 37.0 Å². The molecule has 2 saturated heterocycles. The topological polar surface area (TPSA) is 124 Å². The monoisotopic (exact) mass is 476 g/mol. The first-order chi connectivity index (χ1) is 15.7. The van der Waals surface area contributed by atoms with Crippen molar-refractivity contribution in [3.63, 3.8) is 0 Å². The van der Waals surface area contributed by atoms with Gasteiger partial charge >= 0.3 is 17.8 Å². The Morgan fingerprint density at radius 1 is 1.03 bits per heavy atom. The average Bonchev–Trinajstić information content (AvgIpc) is 3.40. The summed E-state index contributed by atoms with van der Waals surface area (Å²) in [6.45, 7) is 2.25. The second-order valence-corrected chi connectivity index (χ2v) is 10.8. The van der Waals surface area contributed by atoms with Crippen molar-refractivity contribution in [2.45, 2.75) is 56.4 Å². The summed E-state index contributed by atoms with van der Waals surface area (Å²) in [4.78, 5) is 52.1. The van der Waals surface area contributed by atoms with Gasteiger partial charge in [0, 0.05) is 24.8 Å². The number of urea groups is 1. The molecule has 1 saturated carbocycles. The minimum Gasteiger partial charge on any atom is -0.324 e. The first kappa shape index (κ1) is 23.4. The van der Waals surface area contributed by atoms with Crippen LogP contribution >= 0.6 is 0 Å². The molecule has 1 aromatic rings. The van der Waals surface area contributed by atoms with Crippen LogP contribution in [0.1, 0.15) is 45.4 Å². The van der Waals surface area contributed by atoms with Crippen LogP contribution in [0.5, 0.6) is 0 Å². The fourth-order valence-corrected chi connectivity index (χ4v) is 6.35. The third-order valence-corrected chi connectivity index (χ3v) is 8.50. The number of hydrogen-bond acceptors (Lipinski definition) is 6. The van der Waals surface area contributed by atoms with E-state index in [4.69, 9.17) is 0 Å². The van der Waals surface area contributed by atoms with E-state index in [1.165, 1.54) is 28.6 Å². The van der Waals surface area contributed by atoms with E-state index >= 15 is 0 Å². The number of anilines is 1. The summed E-state index contributed by atoms with van der Waals surface area (Å²) >= 11 is 0. The predicted molar refractivity (Wildman–Crippen MR) is 118 cm³/mol. The molecule has 10 nitrogen and oxygen atoms in total. The molecule has 0 bridgehead atoms. The molecule has 33 heavy (non-hydrogen) atoms. The fourth-order valence-electron chi connectivity index (χ4n) is 4.79. The van der Waals surface area contributed by atoms with Crippen molar-refractivity contribution < 1.29 is 27.6 Å². The third-order valence-electron chi connectivity index (χ3n) is 6.60. The van der Waals surface area contributed by atoms with Crippen LogP contribution in [0.25, 0.3) is 0 Å². The molecule has 0 radical (unpaired) electrons. The van der Waals surface area contributed by atoms with Gasteiger partial charge in [-0.05, 0) is 49.8 Å². The van der Waals surface area contributed by atoms with Gasteiger partial charge in [0.1, 0.15) is 6.54 Å². The lowest BCUT2D eigenvalue weighted by Gasteiger charge is -2.34. The highest BCUT2D eigenvalue weighted by atomic mass is 32.2. The molecule has 5 amide bonds. The van der Waals surface area contributed by atoms with Crippen LogP contribution in [0, 0.1) is 5.92 Å². The highest BCUT2D eigenvalue weighted by molar-refractivity contribution is 7.89. The zero-order valence-electron chi connectivity index (χ0n) is 18.5. The molecule has 2 atom stereocenters. The summed E-state index contributed by atoms with van der Waals surface area (Å²) in [7, 11) is -3.66. The van der Waals surface area contributed by atoms with Crippen LogP contribution in [-0.2, 0) is 24.4 Å². The molecule has 2 heterocycles. The maximum absolute atomic E-state index is 12.8. The van der Waals surface area contributed by atoms with Crippen LogP contribution in [-0.4, -0.2) is 72.0 Å². The Labute approximate surface area is 192 Å². The van der Waals surface area contributed by atoms with Crippen molar-refractivity contribution in [3.8, 4) is 0 Å². The molecule has 1 aromatic carbocycles. The molecule has 3 fully saturated rings. The largest absolute Gasteiger partial charge is 0.334 e. The summed E-state index contributed by atoms with van der Waals surface area (Å²) in [6, 6.07) is 4.72. The summed E-state index contributed by atoms with van der Waals surface area (Å²) < 4.78 is 26.9. The van der Waals surface area contributed by atoms with Crippen LogP contribution in [0.15, 0.2) is 29.2 Å². The molecule has 1 N–H and O–H groups in total. The summed E-state index contributed by atoms with van der Waals surface area (Å²) in [5, 5.41) is 2.53. The van der Waals surface area contributed by atoms with Crippen LogP contribution in [0.2, 0.25) is 0 Å². The summed E-state index contributed by atoms with van der Waals surface area (Å²) in [6.07, 6.45) is 5.01. The van der Waals surface area contributed by atoms with Crippen molar-refractivity contribution in [1.82, 2.24) is 14.1 Å². The minimum absolute atomic E-state index is 0.0585. The molecule has 3 aliphatic rings. The number of hydrogen-bond donors (Lipinski definition) is 1. The Kier molecular flexibility index (Phi) is 6.53. The number of carbonyl (C=O) groups is 4. The molecule has 2 aliphatic heterocycles. The smallest absolute Gasteiger partial charge is 0.324 e. The Hall–Kier alpha value is -2.79. The Morgan fingerprint density at radius 3 is 2.42 bits per heavy atom. The van der Waals surface area contributed by atoms with Crippen molar-refractivity contribution in [1.29, 1.82) is 0 Å². The van der Waals surface area contributed by atoms with Crippen LogP contribution in [0.4, 0.5) is 10.5 Å². The maximum Gasteiger partial charge on any atom is 0.334 e. The van der Waals surface area contributed by atoms with Gasteiger partial charge in [0.2, 0.25) is 15.9 Å². The lowest BCUT2D eigenvalue weighted by Crippen LogP contribution is -2.46. The quantitative estimate of drug-likeness (QED) is 0.493. The van der Waals surface area contributed by atoms with Gasteiger partial charge in [-0.3, -0.25) is 19.3 Å². The van der Waals surface area contributed by atoms with E-state index in [9.17, 15) is 27.6 Å². The molecule has 0 spiro atoms. The number of nitrogens with one attached hydrogen (secondary N) is 1. The number of sulfonamides is 1. The first-order valence-corrected chi connectivity index (χ1v) is 12.7. The highest BCUT2D eigenvalue weighted by Gasteiger charge is 2.49. The van der Waals surface area contributed by atoms with Gasteiger partial charge in [-0.2, -0.15) is 4.31 Å². The fraction of sp³-hybridized carbons (Fsp3) is 0.545. The Bertz CT molecular complexity index is 1080. The second-order valence-electron chi connectivity index (χ2n) is 8.87. The van der Waals surface area contributed by atoms with Gasteiger partial charge in [0.25, 0.3) is 0 Å². The van der Waals surface area contributed by atoms with Crippen LogP contribution in [0.3, 0.4) is 0 Å². The van der Waals surface area contributed by atoms with Gasteiger partial charge < -0.3 is 5.32 Å². The Balaban J connectivity index is 1.44. The predicted octanol–water partition coefficient (Wildman–Crippen LogP) is 1.78. The van der Waals surface area contributed by atoms with E-state index < -0.39 is 40.3 Å². The van der Waals surface area contributed by atoms with E-state index in [1.54, 1.807) is 0 Å². The molecule has 0 unspecified atom stereocenters. The number of rotatable bonds is 6. The lowest BCUT2D eigenvalue weighted by atomic mass is 9.85. The number of amides is 5. The molecule has 1 aliphatic carbocycles. The van der Waals surface area contributed by atoms with Crippen molar-refractivity contribution in [2.24, 2.45) is 5.92 Å². The third kappa shape index (κ3) is 4.51. The number of nitrogens with zero attached hydrogens (tertiary/aromatic N) is 3. The van der Waals surface area contributed by atoms with E-state index in [0.29, 0.717) is 24.4 Å². The molecule has 0 aromatic heterocycles. The van der Waals surface area contributed by atoms with Gasteiger partial charge in [-0.1, -0.05) is 25.8 Å². The van der Waals surface area contributed by atoms with Crippen molar-refractivity contribution in [3.05, 3.63) is 24.3 Å². The molecule has 11 heteroatoms. The number of benzene rings is 1. The van der Waals surface area contributed by atoms with E-state index in [2.05, 4.69) is 5.32 Å². The highest BCUT2D eigenvalue weighted by Crippen LogP contribution is 2.31. The maximum atomic E-state index is 12.8. The average molecular weight is 477 g/mol. The minimum atomic E-state index is -3.66. The summed E-state index contributed by atoms with van der Waals surface area (Å²) in [5.74, 6) is -2.52. The van der Waals surface area contributed by atoms with Crippen molar-refractivity contribution >= 4 is 39.5 Å². The number of imide groups is 2. The Morgan fingerprint density at radius 2 is 1.73 bits per heavy atom.